The summed E-state index contributed by atoms with van der Waals surface area (Å²) in [6.07, 6.45) is 3.17. The van der Waals surface area contributed by atoms with Gasteiger partial charge in [0.2, 0.25) is 0 Å². The van der Waals surface area contributed by atoms with E-state index in [9.17, 15) is 12.8 Å². The van der Waals surface area contributed by atoms with Gasteiger partial charge in [0.1, 0.15) is 30.3 Å². The molecule has 240 valence electrons. The van der Waals surface area contributed by atoms with E-state index in [1.807, 2.05) is 53.9 Å². The Morgan fingerprint density at radius 2 is 1.79 bits per heavy atom. The molecule has 47 heavy (non-hydrogen) atoms. The lowest BCUT2D eigenvalue weighted by Crippen LogP contribution is -2.24. The number of benzene rings is 4. The van der Waals surface area contributed by atoms with Gasteiger partial charge in [0.15, 0.2) is 9.84 Å². The predicted molar refractivity (Wildman–Crippen MR) is 188 cm³/mol. The third-order valence-corrected chi connectivity index (χ3v) is 10.6. The molecule has 0 aliphatic heterocycles. The van der Waals surface area contributed by atoms with Crippen molar-refractivity contribution in [1.82, 2.24) is 20.3 Å². The third-order valence-electron chi connectivity index (χ3n) is 7.35. The number of aryl methyl sites for hydroxylation is 1. The zero-order chi connectivity index (χ0) is 32.6. The number of sulfone groups is 1. The number of nitrogens with one attached hydrogen (secondary N) is 2. The molecule has 0 aliphatic carbocycles. The SMILES string of the molecule is O=S(=O)(CCNCCCc1nc(-c2ccc3ncnc(Nc4ccc(OCc5cccc(F)c5)c(Br)c4)c3c2)cs1)c1ccccc1. The van der Waals surface area contributed by atoms with Crippen LogP contribution in [0, 0.1) is 5.82 Å². The summed E-state index contributed by atoms with van der Waals surface area (Å²) in [4.78, 5) is 14.2. The fourth-order valence-electron chi connectivity index (χ4n) is 4.94. The fraction of sp³-hybridized carbons (Fsp3) is 0.171. The van der Waals surface area contributed by atoms with Crippen LogP contribution < -0.4 is 15.4 Å². The monoisotopic (exact) mass is 731 g/mol. The quantitative estimate of drug-likeness (QED) is 0.109. The van der Waals surface area contributed by atoms with E-state index in [0.29, 0.717) is 29.6 Å². The molecule has 0 atom stereocenters. The van der Waals surface area contributed by atoms with E-state index >= 15 is 0 Å². The molecule has 0 amide bonds. The van der Waals surface area contributed by atoms with Crippen molar-refractivity contribution in [3.05, 3.63) is 124 Å². The summed E-state index contributed by atoms with van der Waals surface area (Å²) in [5.41, 5.74) is 4.20. The zero-order valence-electron chi connectivity index (χ0n) is 25.2. The molecule has 6 rings (SSSR count). The minimum atomic E-state index is -3.28. The van der Waals surface area contributed by atoms with E-state index in [1.165, 1.54) is 18.5 Å². The Morgan fingerprint density at radius 1 is 0.915 bits per heavy atom. The number of rotatable bonds is 14. The van der Waals surface area contributed by atoms with Gasteiger partial charge < -0.3 is 15.4 Å². The number of anilines is 2. The molecule has 6 aromatic rings. The highest BCUT2D eigenvalue weighted by molar-refractivity contribution is 9.10. The van der Waals surface area contributed by atoms with Crippen LogP contribution in [0.15, 0.2) is 112 Å². The van der Waals surface area contributed by atoms with E-state index in [0.717, 1.165) is 55.7 Å². The Hall–Kier alpha value is -4.23. The number of nitrogens with zero attached hydrogens (tertiary/aromatic N) is 3. The molecular weight excluding hydrogens is 701 g/mol. The van der Waals surface area contributed by atoms with Crippen LogP contribution in [0.5, 0.6) is 5.75 Å². The molecule has 0 spiro atoms. The molecule has 4 aromatic carbocycles. The van der Waals surface area contributed by atoms with Crippen molar-refractivity contribution in [1.29, 1.82) is 0 Å². The van der Waals surface area contributed by atoms with Crippen LogP contribution in [-0.4, -0.2) is 42.2 Å². The highest BCUT2D eigenvalue weighted by Gasteiger charge is 2.14. The van der Waals surface area contributed by atoms with Crippen LogP contribution in [0.4, 0.5) is 15.9 Å². The maximum absolute atomic E-state index is 13.5. The number of aromatic nitrogens is 3. The Kier molecular flexibility index (Phi) is 10.5. The lowest BCUT2D eigenvalue weighted by molar-refractivity contribution is 0.303. The molecule has 2 heterocycles. The van der Waals surface area contributed by atoms with Crippen molar-refractivity contribution in [2.24, 2.45) is 0 Å². The van der Waals surface area contributed by atoms with Crippen LogP contribution in [-0.2, 0) is 22.9 Å². The van der Waals surface area contributed by atoms with Gasteiger partial charge in [-0.3, -0.25) is 0 Å². The first kappa shape index (κ1) is 32.7. The van der Waals surface area contributed by atoms with Gasteiger partial charge in [-0.05, 0) is 89.1 Å². The summed E-state index contributed by atoms with van der Waals surface area (Å²) < 4.78 is 45.0. The van der Waals surface area contributed by atoms with Crippen LogP contribution in [0.25, 0.3) is 22.2 Å². The van der Waals surface area contributed by atoms with Crippen LogP contribution in [0.1, 0.15) is 17.0 Å². The third kappa shape index (κ3) is 8.58. The minimum Gasteiger partial charge on any atom is -0.488 e. The molecule has 2 N–H and O–H groups in total. The first-order chi connectivity index (χ1) is 22.8. The van der Waals surface area contributed by atoms with Crippen LogP contribution in [0.3, 0.4) is 0 Å². The molecule has 8 nitrogen and oxygen atoms in total. The molecule has 0 saturated carbocycles. The maximum atomic E-state index is 13.5. The summed E-state index contributed by atoms with van der Waals surface area (Å²) >= 11 is 5.19. The van der Waals surface area contributed by atoms with Gasteiger partial charge >= 0.3 is 0 Å². The Bertz CT molecular complexity index is 2090. The maximum Gasteiger partial charge on any atom is 0.179 e. The van der Waals surface area contributed by atoms with Crippen molar-refractivity contribution in [3.8, 4) is 17.0 Å². The van der Waals surface area contributed by atoms with Crippen LogP contribution in [0.2, 0.25) is 0 Å². The largest absolute Gasteiger partial charge is 0.488 e. The topological polar surface area (TPSA) is 106 Å². The molecule has 0 aliphatic rings. The van der Waals surface area contributed by atoms with Gasteiger partial charge in [-0.1, -0.05) is 36.4 Å². The van der Waals surface area contributed by atoms with Crippen molar-refractivity contribution < 1.29 is 17.5 Å². The lowest BCUT2D eigenvalue weighted by atomic mass is 10.1. The smallest absolute Gasteiger partial charge is 0.179 e. The summed E-state index contributed by atoms with van der Waals surface area (Å²) in [5, 5.41) is 10.6. The number of thiazole rings is 1. The average Bonchev–Trinajstić information content (AvgIpc) is 3.55. The Balaban J connectivity index is 1.05. The van der Waals surface area contributed by atoms with E-state index in [4.69, 9.17) is 9.72 Å². The molecule has 2 aromatic heterocycles. The Labute approximate surface area is 285 Å². The van der Waals surface area contributed by atoms with E-state index in [-0.39, 0.29) is 18.2 Å². The second-order valence-electron chi connectivity index (χ2n) is 10.8. The molecule has 0 radical (unpaired) electrons. The van der Waals surface area contributed by atoms with Crippen molar-refractivity contribution in [2.45, 2.75) is 24.3 Å². The summed E-state index contributed by atoms with van der Waals surface area (Å²) in [5.74, 6) is 1.07. The second kappa shape index (κ2) is 15.1. The van der Waals surface area contributed by atoms with Gasteiger partial charge in [0.25, 0.3) is 0 Å². The molecule has 12 heteroatoms. The normalized spacial score (nSPS) is 11.5. The summed E-state index contributed by atoms with van der Waals surface area (Å²) in [6.45, 7) is 1.36. The van der Waals surface area contributed by atoms with Crippen molar-refractivity contribution >= 4 is 59.5 Å². The van der Waals surface area contributed by atoms with Gasteiger partial charge in [0.05, 0.1) is 31.3 Å². The zero-order valence-corrected chi connectivity index (χ0v) is 28.4. The highest BCUT2D eigenvalue weighted by atomic mass is 79.9. The number of hydrogen-bond acceptors (Lipinski definition) is 9. The highest BCUT2D eigenvalue weighted by Crippen LogP contribution is 2.33. The average molecular weight is 733 g/mol. The molecule has 0 bridgehead atoms. The van der Waals surface area contributed by atoms with E-state index < -0.39 is 9.84 Å². The number of halogens is 2. The number of ether oxygens (including phenoxy) is 1. The standard InChI is InChI=1S/C35H31BrFN5O3S2/c36-30-20-27(12-14-33(30)45-21-24-6-4-7-26(37)18-24)41-35-29-19-25(11-13-31(29)39-23-40-35)32-22-46-34(42-32)10-5-15-38-16-17-47(43,44)28-8-2-1-3-9-28/h1-4,6-9,11-14,18-20,22-23,38H,5,10,15-17,21H2,(H,39,40,41). The predicted octanol–water partition coefficient (Wildman–Crippen LogP) is 7.97. The van der Waals surface area contributed by atoms with E-state index in [1.54, 1.807) is 41.7 Å². The van der Waals surface area contributed by atoms with Gasteiger partial charge in [-0.25, -0.2) is 27.8 Å². The summed E-state index contributed by atoms with van der Waals surface area (Å²) in [6, 6.07) is 26.5. The van der Waals surface area contributed by atoms with Gasteiger partial charge in [-0.2, -0.15) is 0 Å². The second-order valence-corrected chi connectivity index (χ2v) is 14.7. The molecular formula is C35H31BrFN5O3S2. The van der Waals surface area contributed by atoms with Crippen molar-refractivity contribution in [3.63, 3.8) is 0 Å². The van der Waals surface area contributed by atoms with Crippen molar-refractivity contribution in [2.75, 3.05) is 24.2 Å². The Morgan fingerprint density at radius 3 is 2.62 bits per heavy atom. The van der Waals surface area contributed by atoms with Crippen LogP contribution >= 0.6 is 27.3 Å². The number of fused-ring (bicyclic) bond motifs is 1. The fourth-order valence-corrected chi connectivity index (χ4v) is 7.50. The number of hydrogen-bond donors (Lipinski definition) is 2. The van der Waals surface area contributed by atoms with Gasteiger partial charge in [0, 0.05) is 35.0 Å². The lowest BCUT2D eigenvalue weighted by Gasteiger charge is -2.12. The molecule has 0 unspecified atom stereocenters. The molecule has 0 saturated heterocycles. The van der Waals surface area contributed by atoms with E-state index in [2.05, 4.69) is 36.5 Å². The molecule has 0 fully saturated rings. The first-order valence-corrected chi connectivity index (χ1v) is 18.3. The first-order valence-electron chi connectivity index (χ1n) is 15.0. The minimum absolute atomic E-state index is 0.0654. The van der Waals surface area contributed by atoms with Gasteiger partial charge in [-0.15, -0.1) is 11.3 Å². The summed E-state index contributed by atoms with van der Waals surface area (Å²) in [7, 11) is -3.28.